The number of amides is 1. The van der Waals surface area contributed by atoms with Crippen molar-refractivity contribution < 1.29 is 13.6 Å². The van der Waals surface area contributed by atoms with E-state index in [1.54, 1.807) is 31.0 Å². The minimum absolute atomic E-state index is 0.154. The van der Waals surface area contributed by atoms with Gasteiger partial charge in [-0.25, -0.2) is 4.39 Å². The number of benzene rings is 2. The fourth-order valence-electron chi connectivity index (χ4n) is 3.22. The number of para-hydroxylation sites is 1. The molecule has 4 nitrogen and oxygen atoms in total. The second kappa shape index (κ2) is 6.50. The van der Waals surface area contributed by atoms with E-state index in [9.17, 15) is 9.18 Å². The zero-order valence-corrected chi connectivity index (χ0v) is 15.4. The lowest BCUT2D eigenvalue weighted by Crippen LogP contribution is -2.30. The second-order valence-corrected chi connectivity index (χ2v) is 6.74. The first kappa shape index (κ1) is 17.2. The molecule has 1 unspecified atom stereocenters. The van der Waals surface area contributed by atoms with Crippen molar-refractivity contribution in [3.63, 3.8) is 0 Å². The van der Waals surface area contributed by atoms with E-state index < -0.39 is 0 Å². The fourth-order valence-corrected chi connectivity index (χ4v) is 3.22. The molecule has 0 bridgehead atoms. The SMILES string of the molecule is Cc1nc2cc(F)ccc2cc1C(=O)N(C)C(C)c1cc2ccccc2o1. The Kier molecular flexibility index (Phi) is 4.15. The maximum Gasteiger partial charge on any atom is 0.256 e. The summed E-state index contributed by atoms with van der Waals surface area (Å²) in [5, 5.41) is 1.74. The Hall–Kier alpha value is -3.21. The maximum absolute atomic E-state index is 13.4. The number of rotatable bonds is 3. The first-order chi connectivity index (χ1) is 12.9. The summed E-state index contributed by atoms with van der Waals surface area (Å²) in [5.74, 6) is 0.226. The van der Waals surface area contributed by atoms with Gasteiger partial charge in [0, 0.05) is 23.9 Å². The van der Waals surface area contributed by atoms with Gasteiger partial charge >= 0.3 is 0 Å². The van der Waals surface area contributed by atoms with Crippen molar-refractivity contribution in [2.75, 3.05) is 7.05 Å². The van der Waals surface area contributed by atoms with E-state index in [4.69, 9.17) is 4.42 Å². The lowest BCUT2D eigenvalue weighted by Gasteiger charge is -2.24. The standard InChI is InChI=1S/C22H19FN2O2/c1-13-18(10-15-8-9-17(23)12-19(15)24-13)22(26)25(3)14(2)21-11-16-6-4-5-7-20(16)27-21/h4-12,14H,1-3H3. The van der Waals surface area contributed by atoms with Crippen LogP contribution >= 0.6 is 0 Å². The molecule has 0 aliphatic heterocycles. The highest BCUT2D eigenvalue weighted by atomic mass is 19.1. The molecule has 0 radical (unpaired) electrons. The summed E-state index contributed by atoms with van der Waals surface area (Å²) < 4.78 is 19.3. The molecular formula is C22H19FN2O2. The van der Waals surface area contributed by atoms with Gasteiger partial charge < -0.3 is 9.32 Å². The van der Waals surface area contributed by atoms with Crippen LogP contribution in [0.1, 0.15) is 34.8 Å². The van der Waals surface area contributed by atoms with E-state index >= 15 is 0 Å². The van der Waals surface area contributed by atoms with Gasteiger partial charge in [0.05, 0.1) is 22.8 Å². The number of aromatic nitrogens is 1. The Bertz CT molecular complexity index is 1130. The molecule has 27 heavy (non-hydrogen) atoms. The third-order valence-corrected chi connectivity index (χ3v) is 4.96. The number of carbonyl (C=O) groups excluding carboxylic acids is 1. The summed E-state index contributed by atoms with van der Waals surface area (Å²) in [7, 11) is 1.74. The Morgan fingerprint density at radius 3 is 2.67 bits per heavy atom. The second-order valence-electron chi connectivity index (χ2n) is 6.74. The van der Waals surface area contributed by atoms with Crippen LogP contribution in [0.4, 0.5) is 4.39 Å². The molecule has 5 heteroatoms. The molecule has 2 aromatic carbocycles. The van der Waals surface area contributed by atoms with Crippen LogP contribution in [0.25, 0.3) is 21.9 Å². The Morgan fingerprint density at radius 1 is 1.11 bits per heavy atom. The molecular weight excluding hydrogens is 343 g/mol. The molecule has 0 spiro atoms. The van der Waals surface area contributed by atoms with Gasteiger partial charge in [0.25, 0.3) is 5.91 Å². The van der Waals surface area contributed by atoms with E-state index in [-0.39, 0.29) is 17.8 Å². The van der Waals surface area contributed by atoms with Crippen LogP contribution < -0.4 is 0 Å². The predicted octanol–water partition coefficient (Wildman–Crippen LogP) is 5.26. The van der Waals surface area contributed by atoms with E-state index in [0.717, 1.165) is 22.1 Å². The van der Waals surface area contributed by atoms with Crippen LogP contribution in [0.2, 0.25) is 0 Å². The molecule has 0 N–H and O–H groups in total. The molecule has 4 aromatic rings. The minimum Gasteiger partial charge on any atom is -0.459 e. The highest BCUT2D eigenvalue weighted by molar-refractivity contribution is 5.98. The number of pyridine rings is 1. The molecule has 1 atom stereocenters. The summed E-state index contributed by atoms with van der Waals surface area (Å²) in [5.41, 5.74) is 2.41. The predicted molar refractivity (Wildman–Crippen MR) is 103 cm³/mol. The van der Waals surface area contributed by atoms with Crippen molar-refractivity contribution in [1.82, 2.24) is 9.88 Å². The maximum atomic E-state index is 13.4. The van der Waals surface area contributed by atoms with Crippen molar-refractivity contribution in [2.45, 2.75) is 19.9 Å². The number of nitrogens with zero attached hydrogens (tertiary/aromatic N) is 2. The van der Waals surface area contributed by atoms with Crippen LogP contribution in [0, 0.1) is 12.7 Å². The van der Waals surface area contributed by atoms with Gasteiger partial charge in [0.2, 0.25) is 0 Å². The number of carbonyl (C=O) groups is 1. The summed E-state index contributed by atoms with van der Waals surface area (Å²) in [6.07, 6.45) is 0. The Morgan fingerprint density at radius 2 is 1.89 bits per heavy atom. The largest absolute Gasteiger partial charge is 0.459 e. The molecule has 0 fully saturated rings. The highest BCUT2D eigenvalue weighted by Gasteiger charge is 2.23. The summed E-state index contributed by atoms with van der Waals surface area (Å²) in [4.78, 5) is 19.1. The summed E-state index contributed by atoms with van der Waals surface area (Å²) in [6, 6.07) is 15.6. The van der Waals surface area contributed by atoms with Gasteiger partial charge in [-0.1, -0.05) is 18.2 Å². The molecule has 0 saturated carbocycles. The lowest BCUT2D eigenvalue weighted by molar-refractivity contribution is 0.0726. The van der Waals surface area contributed by atoms with Crippen LogP contribution in [0.5, 0.6) is 0 Å². The zero-order chi connectivity index (χ0) is 19.1. The van der Waals surface area contributed by atoms with Crippen LogP contribution in [0.3, 0.4) is 0 Å². The van der Waals surface area contributed by atoms with E-state index in [1.807, 2.05) is 37.3 Å². The van der Waals surface area contributed by atoms with Gasteiger partial charge in [0.1, 0.15) is 17.2 Å². The number of hydrogen-bond donors (Lipinski definition) is 0. The smallest absolute Gasteiger partial charge is 0.256 e. The van der Waals surface area contributed by atoms with Crippen molar-refractivity contribution in [2.24, 2.45) is 0 Å². The highest BCUT2D eigenvalue weighted by Crippen LogP contribution is 2.28. The number of aryl methyl sites for hydroxylation is 1. The monoisotopic (exact) mass is 362 g/mol. The first-order valence-electron chi connectivity index (χ1n) is 8.76. The van der Waals surface area contributed by atoms with Crippen molar-refractivity contribution in [3.8, 4) is 0 Å². The summed E-state index contributed by atoms with van der Waals surface area (Å²) in [6.45, 7) is 3.69. The third kappa shape index (κ3) is 3.05. The van der Waals surface area contributed by atoms with Crippen molar-refractivity contribution >= 4 is 27.8 Å². The normalized spacial score (nSPS) is 12.4. The van der Waals surface area contributed by atoms with Gasteiger partial charge in [-0.15, -0.1) is 0 Å². The van der Waals surface area contributed by atoms with Crippen LogP contribution in [-0.2, 0) is 0 Å². The molecule has 136 valence electrons. The molecule has 1 amide bonds. The van der Waals surface area contributed by atoms with E-state index in [0.29, 0.717) is 16.8 Å². The molecule has 0 saturated heterocycles. The number of halogens is 1. The molecule has 4 rings (SSSR count). The van der Waals surface area contributed by atoms with Crippen LogP contribution in [-0.4, -0.2) is 22.8 Å². The number of fused-ring (bicyclic) bond motifs is 2. The first-order valence-corrected chi connectivity index (χ1v) is 8.76. The summed E-state index contributed by atoms with van der Waals surface area (Å²) >= 11 is 0. The quantitative estimate of drug-likeness (QED) is 0.499. The van der Waals surface area contributed by atoms with Crippen molar-refractivity contribution in [1.29, 1.82) is 0 Å². The molecule has 2 heterocycles. The average molecular weight is 362 g/mol. The number of hydrogen-bond acceptors (Lipinski definition) is 3. The number of furan rings is 1. The van der Waals surface area contributed by atoms with Gasteiger partial charge in [-0.2, -0.15) is 0 Å². The van der Waals surface area contributed by atoms with Crippen molar-refractivity contribution in [3.05, 3.63) is 77.4 Å². The Balaban J connectivity index is 1.67. The lowest BCUT2D eigenvalue weighted by atomic mass is 10.1. The molecule has 0 aliphatic carbocycles. The Labute approximate surface area is 156 Å². The van der Waals surface area contributed by atoms with E-state index in [2.05, 4.69) is 4.98 Å². The van der Waals surface area contributed by atoms with E-state index in [1.165, 1.54) is 12.1 Å². The minimum atomic E-state index is -0.343. The average Bonchev–Trinajstić information content (AvgIpc) is 3.10. The van der Waals surface area contributed by atoms with Gasteiger partial charge in [-0.05, 0) is 44.2 Å². The molecule has 2 aromatic heterocycles. The fraction of sp³-hybridized carbons (Fsp3) is 0.182. The topological polar surface area (TPSA) is 46.3 Å². The third-order valence-electron chi connectivity index (χ3n) is 4.96. The van der Waals surface area contributed by atoms with Gasteiger partial charge in [0.15, 0.2) is 0 Å². The zero-order valence-electron chi connectivity index (χ0n) is 15.4. The van der Waals surface area contributed by atoms with Gasteiger partial charge in [-0.3, -0.25) is 9.78 Å². The molecule has 0 aliphatic rings. The van der Waals surface area contributed by atoms with Crippen LogP contribution in [0.15, 0.2) is 59.0 Å².